The minimum atomic E-state index is -0.128. The van der Waals surface area contributed by atoms with Crippen molar-refractivity contribution in [3.8, 4) is 11.1 Å². The molecule has 0 radical (unpaired) electrons. The minimum absolute atomic E-state index is 0.0814. The number of carbonyl (C=O) groups excluding carboxylic acids is 1. The standard InChI is InChI=1S/C24H19Cl2N3O/c25-21-9-5-18(6-10-21)17-1-3-20(4-2-17)24(30)28-15-23(29-14-13-27-16-29)19-7-11-22(26)12-8-19/h1-14,16,23H,15H2,(H,28,30). The molecular weight excluding hydrogens is 417 g/mol. The van der Waals surface area contributed by atoms with Gasteiger partial charge in [-0.3, -0.25) is 4.79 Å². The van der Waals surface area contributed by atoms with E-state index in [0.717, 1.165) is 16.7 Å². The third-order valence-electron chi connectivity index (χ3n) is 4.92. The van der Waals surface area contributed by atoms with E-state index in [0.29, 0.717) is 22.2 Å². The van der Waals surface area contributed by atoms with Crippen molar-refractivity contribution in [3.05, 3.63) is 113 Å². The summed E-state index contributed by atoms with van der Waals surface area (Å²) in [5, 5.41) is 4.40. The minimum Gasteiger partial charge on any atom is -0.350 e. The average Bonchev–Trinajstić information content (AvgIpc) is 3.30. The number of hydrogen-bond donors (Lipinski definition) is 1. The highest BCUT2D eigenvalue weighted by Crippen LogP contribution is 2.23. The van der Waals surface area contributed by atoms with Crippen LogP contribution in [-0.4, -0.2) is 22.0 Å². The number of imidazole rings is 1. The second-order valence-electron chi connectivity index (χ2n) is 6.87. The van der Waals surface area contributed by atoms with Crippen LogP contribution in [0.1, 0.15) is 22.0 Å². The number of benzene rings is 3. The van der Waals surface area contributed by atoms with Gasteiger partial charge in [0, 0.05) is 34.5 Å². The molecule has 1 aromatic heterocycles. The Labute approximate surface area is 185 Å². The van der Waals surface area contributed by atoms with Gasteiger partial charge in [0.15, 0.2) is 0 Å². The van der Waals surface area contributed by atoms with Crippen LogP contribution in [0.3, 0.4) is 0 Å². The maximum absolute atomic E-state index is 12.7. The molecule has 0 aliphatic heterocycles. The maximum Gasteiger partial charge on any atom is 0.251 e. The number of rotatable bonds is 6. The zero-order chi connectivity index (χ0) is 20.9. The lowest BCUT2D eigenvalue weighted by atomic mass is 10.0. The van der Waals surface area contributed by atoms with E-state index in [2.05, 4.69) is 10.3 Å². The van der Waals surface area contributed by atoms with Gasteiger partial charge in [-0.05, 0) is 53.1 Å². The predicted octanol–water partition coefficient (Wildman–Crippen LogP) is 5.88. The maximum atomic E-state index is 12.7. The molecule has 1 heterocycles. The van der Waals surface area contributed by atoms with Crippen LogP contribution < -0.4 is 5.32 Å². The third-order valence-corrected chi connectivity index (χ3v) is 5.42. The zero-order valence-electron chi connectivity index (χ0n) is 16.0. The summed E-state index contributed by atoms with van der Waals surface area (Å²) < 4.78 is 1.97. The molecule has 150 valence electrons. The summed E-state index contributed by atoms with van der Waals surface area (Å²) in [4.78, 5) is 16.9. The average molecular weight is 436 g/mol. The molecule has 0 fully saturated rings. The molecule has 4 nitrogen and oxygen atoms in total. The summed E-state index contributed by atoms with van der Waals surface area (Å²) in [6, 6.07) is 22.7. The van der Waals surface area contributed by atoms with Crippen molar-refractivity contribution in [3.63, 3.8) is 0 Å². The number of nitrogens with one attached hydrogen (secondary N) is 1. The Bertz CT molecular complexity index is 1110. The van der Waals surface area contributed by atoms with Crippen LogP contribution in [0.25, 0.3) is 11.1 Å². The van der Waals surface area contributed by atoms with Gasteiger partial charge in [-0.15, -0.1) is 0 Å². The summed E-state index contributed by atoms with van der Waals surface area (Å²) in [5.41, 5.74) is 3.72. The molecule has 0 spiro atoms. The normalized spacial score (nSPS) is 11.8. The summed E-state index contributed by atoms with van der Waals surface area (Å²) in [6.45, 7) is 0.426. The van der Waals surface area contributed by atoms with E-state index in [1.54, 1.807) is 12.5 Å². The van der Waals surface area contributed by atoms with Gasteiger partial charge in [-0.1, -0.05) is 59.6 Å². The molecule has 0 saturated carbocycles. The van der Waals surface area contributed by atoms with Crippen molar-refractivity contribution >= 4 is 29.1 Å². The van der Waals surface area contributed by atoms with E-state index in [1.807, 2.05) is 83.6 Å². The van der Waals surface area contributed by atoms with E-state index >= 15 is 0 Å². The van der Waals surface area contributed by atoms with E-state index in [9.17, 15) is 4.79 Å². The Kier molecular flexibility index (Phi) is 6.17. The zero-order valence-corrected chi connectivity index (χ0v) is 17.5. The quantitative estimate of drug-likeness (QED) is 0.411. The molecule has 30 heavy (non-hydrogen) atoms. The summed E-state index contributed by atoms with van der Waals surface area (Å²) in [5.74, 6) is -0.128. The molecule has 4 aromatic rings. The van der Waals surface area contributed by atoms with Gasteiger partial charge in [-0.2, -0.15) is 0 Å². The highest BCUT2D eigenvalue weighted by Gasteiger charge is 2.15. The van der Waals surface area contributed by atoms with E-state index < -0.39 is 0 Å². The molecular formula is C24H19Cl2N3O. The number of halogens is 2. The molecule has 6 heteroatoms. The molecule has 1 N–H and O–H groups in total. The Morgan fingerprint density at radius 1 is 0.867 bits per heavy atom. The number of nitrogens with zero attached hydrogens (tertiary/aromatic N) is 2. The van der Waals surface area contributed by atoms with Crippen molar-refractivity contribution in [1.29, 1.82) is 0 Å². The Morgan fingerprint density at radius 3 is 2.00 bits per heavy atom. The van der Waals surface area contributed by atoms with Crippen molar-refractivity contribution in [1.82, 2.24) is 14.9 Å². The van der Waals surface area contributed by atoms with Crippen molar-refractivity contribution in [2.45, 2.75) is 6.04 Å². The van der Waals surface area contributed by atoms with Gasteiger partial charge in [0.25, 0.3) is 5.91 Å². The SMILES string of the molecule is O=C(NCC(c1ccc(Cl)cc1)n1ccnc1)c1ccc(-c2ccc(Cl)cc2)cc1. The number of carbonyl (C=O) groups is 1. The summed E-state index contributed by atoms with van der Waals surface area (Å²) in [6.07, 6.45) is 5.35. The first-order chi connectivity index (χ1) is 14.6. The van der Waals surface area contributed by atoms with Gasteiger partial charge < -0.3 is 9.88 Å². The van der Waals surface area contributed by atoms with Crippen LogP contribution in [0.5, 0.6) is 0 Å². The van der Waals surface area contributed by atoms with Crippen molar-refractivity contribution in [2.24, 2.45) is 0 Å². The molecule has 4 rings (SSSR count). The second kappa shape index (κ2) is 9.16. The largest absolute Gasteiger partial charge is 0.350 e. The van der Waals surface area contributed by atoms with Gasteiger partial charge in [0.2, 0.25) is 0 Å². The smallest absolute Gasteiger partial charge is 0.251 e. The van der Waals surface area contributed by atoms with Gasteiger partial charge in [-0.25, -0.2) is 4.98 Å². The number of aromatic nitrogens is 2. The van der Waals surface area contributed by atoms with Crippen LogP contribution in [0.15, 0.2) is 91.5 Å². The monoisotopic (exact) mass is 435 g/mol. The number of amides is 1. The van der Waals surface area contributed by atoms with Gasteiger partial charge in [0.1, 0.15) is 0 Å². The fraction of sp³-hybridized carbons (Fsp3) is 0.0833. The van der Waals surface area contributed by atoms with Crippen LogP contribution in [0.4, 0.5) is 0 Å². The summed E-state index contributed by atoms with van der Waals surface area (Å²) >= 11 is 12.0. The first-order valence-electron chi connectivity index (χ1n) is 9.47. The molecule has 0 saturated heterocycles. The first-order valence-corrected chi connectivity index (χ1v) is 10.2. The lowest BCUT2D eigenvalue weighted by Crippen LogP contribution is -2.31. The van der Waals surface area contributed by atoms with E-state index in [4.69, 9.17) is 23.2 Å². The molecule has 0 aliphatic rings. The van der Waals surface area contributed by atoms with Gasteiger partial charge in [0.05, 0.1) is 12.4 Å². The van der Waals surface area contributed by atoms with E-state index in [1.165, 1.54) is 0 Å². The highest BCUT2D eigenvalue weighted by molar-refractivity contribution is 6.30. The lowest BCUT2D eigenvalue weighted by Gasteiger charge is -2.20. The van der Waals surface area contributed by atoms with E-state index in [-0.39, 0.29) is 11.9 Å². The molecule has 0 bridgehead atoms. The van der Waals surface area contributed by atoms with Crippen LogP contribution in [0.2, 0.25) is 10.0 Å². The molecule has 1 amide bonds. The topological polar surface area (TPSA) is 46.9 Å². The Morgan fingerprint density at radius 2 is 1.43 bits per heavy atom. The van der Waals surface area contributed by atoms with Crippen molar-refractivity contribution in [2.75, 3.05) is 6.54 Å². The molecule has 1 unspecified atom stereocenters. The Hall–Kier alpha value is -3.08. The van der Waals surface area contributed by atoms with Crippen LogP contribution >= 0.6 is 23.2 Å². The second-order valence-corrected chi connectivity index (χ2v) is 7.74. The molecule has 1 atom stereocenters. The fourth-order valence-electron chi connectivity index (χ4n) is 3.28. The highest BCUT2D eigenvalue weighted by atomic mass is 35.5. The van der Waals surface area contributed by atoms with Crippen molar-refractivity contribution < 1.29 is 4.79 Å². The fourth-order valence-corrected chi connectivity index (χ4v) is 3.53. The molecule has 0 aliphatic carbocycles. The first kappa shape index (κ1) is 20.2. The van der Waals surface area contributed by atoms with Crippen LogP contribution in [0, 0.1) is 0 Å². The number of hydrogen-bond acceptors (Lipinski definition) is 2. The lowest BCUT2D eigenvalue weighted by molar-refractivity contribution is 0.0950. The summed E-state index contributed by atoms with van der Waals surface area (Å²) in [7, 11) is 0. The third kappa shape index (κ3) is 4.73. The Balaban J connectivity index is 1.47. The predicted molar refractivity (Wildman–Crippen MR) is 121 cm³/mol. The molecule has 3 aromatic carbocycles. The van der Waals surface area contributed by atoms with Gasteiger partial charge >= 0.3 is 0 Å². The van der Waals surface area contributed by atoms with Crippen LogP contribution in [-0.2, 0) is 0 Å².